The van der Waals surface area contributed by atoms with Crippen molar-refractivity contribution in [1.82, 2.24) is 24.7 Å². The van der Waals surface area contributed by atoms with Gasteiger partial charge in [0.25, 0.3) is 0 Å². The van der Waals surface area contributed by atoms with Gasteiger partial charge in [0, 0.05) is 38.4 Å². The van der Waals surface area contributed by atoms with Crippen LogP contribution in [0.25, 0.3) is 0 Å². The summed E-state index contributed by atoms with van der Waals surface area (Å²) in [5.41, 5.74) is 0.00898. The van der Waals surface area contributed by atoms with Gasteiger partial charge in [0.05, 0.1) is 6.33 Å². The molecule has 2 heterocycles. The third-order valence-corrected chi connectivity index (χ3v) is 3.68. The Balaban J connectivity index is 1.73. The van der Waals surface area contributed by atoms with Gasteiger partial charge in [0.15, 0.2) is 5.69 Å². The number of aromatic carboxylic acids is 1. The molecule has 1 fully saturated rings. The average molecular weight is 295 g/mol. The maximum Gasteiger partial charge on any atom is 0.356 e. The molecule has 0 aliphatic carbocycles. The number of carboxylic acids is 1. The molecular formula is C13H21N5O3. The molecule has 1 aromatic heterocycles. The van der Waals surface area contributed by atoms with Crippen LogP contribution in [0.2, 0.25) is 0 Å². The predicted octanol–water partition coefficient (Wildman–Crippen LogP) is -0.0732. The fraction of sp³-hybridized carbons (Fsp3) is 0.615. The molecule has 1 atom stereocenters. The molecule has 2 rings (SSSR count). The smallest absolute Gasteiger partial charge is 0.356 e. The first kappa shape index (κ1) is 15.3. The normalized spacial score (nSPS) is 18.2. The summed E-state index contributed by atoms with van der Waals surface area (Å²) in [4.78, 5) is 30.4. The molecule has 1 aromatic rings. The van der Waals surface area contributed by atoms with E-state index in [1.165, 1.54) is 12.5 Å². The zero-order chi connectivity index (χ0) is 15.4. The number of carbonyl (C=O) groups excluding carboxylic acids is 1. The molecule has 2 amide bonds. The van der Waals surface area contributed by atoms with Crippen LogP contribution in [0.15, 0.2) is 12.5 Å². The molecule has 1 saturated heterocycles. The molecule has 0 aromatic carbocycles. The van der Waals surface area contributed by atoms with E-state index < -0.39 is 5.97 Å². The van der Waals surface area contributed by atoms with Crippen molar-refractivity contribution in [2.75, 3.05) is 33.7 Å². The van der Waals surface area contributed by atoms with E-state index in [-0.39, 0.29) is 11.7 Å². The second-order valence-corrected chi connectivity index (χ2v) is 5.39. The quantitative estimate of drug-likeness (QED) is 0.793. The van der Waals surface area contributed by atoms with E-state index >= 15 is 0 Å². The Morgan fingerprint density at radius 2 is 2.29 bits per heavy atom. The number of likely N-dealkylation sites (N-methyl/N-ethyl adjacent to an activating group) is 1. The van der Waals surface area contributed by atoms with E-state index in [0.717, 1.165) is 19.5 Å². The van der Waals surface area contributed by atoms with Crippen LogP contribution in [0, 0.1) is 0 Å². The Kier molecular flexibility index (Phi) is 4.79. The van der Waals surface area contributed by atoms with Crippen LogP contribution in [0.1, 0.15) is 16.9 Å². The summed E-state index contributed by atoms with van der Waals surface area (Å²) >= 11 is 0. The first-order valence-electron chi connectivity index (χ1n) is 6.91. The Hall–Kier alpha value is -2.09. The number of carbonyl (C=O) groups is 2. The highest BCUT2D eigenvalue weighted by Gasteiger charge is 2.27. The molecule has 1 aliphatic heterocycles. The van der Waals surface area contributed by atoms with Gasteiger partial charge in [0.1, 0.15) is 0 Å². The maximum atomic E-state index is 12.0. The first-order valence-corrected chi connectivity index (χ1v) is 6.91. The van der Waals surface area contributed by atoms with Crippen LogP contribution >= 0.6 is 0 Å². The van der Waals surface area contributed by atoms with Gasteiger partial charge in [-0.2, -0.15) is 0 Å². The van der Waals surface area contributed by atoms with Crippen molar-refractivity contribution in [2.45, 2.75) is 19.0 Å². The van der Waals surface area contributed by atoms with Crippen molar-refractivity contribution in [3.8, 4) is 0 Å². The van der Waals surface area contributed by atoms with E-state index in [4.69, 9.17) is 5.11 Å². The summed E-state index contributed by atoms with van der Waals surface area (Å²) < 4.78 is 1.65. The SMILES string of the molecule is CN(C)C1CCN(C(=O)NCCn2cnc(C(=O)O)c2)C1. The first-order chi connectivity index (χ1) is 9.97. The molecule has 8 nitrogen and oxygen atoms in total. The number of rotatable bonds is 5. The highest BCUT2D eigenvalue weighted by molar-refractivity contribution is 5.84. The van der Waals surface area contributed by atoms with Gasteiger partial charge in [-0.05, 0) is 20.5 Å². The summed E-state index contributed by atoms with van der Waals surface area (Å²) in [6, 6.07) is 0.348. The average Bonchev–Trinajstić information content (AvgIpc) is 3.07. The van der Waals surface area contributed by atoms with Gasteiger partial charge in [-0.25, -0.2) is 14.6 Å². The van der Waals surface area contributed by atoms with Gasteiger partial charge in [0.2, 0.25) is 0 Å². The Morgan fingerprint density at radius 1 is 1.52 bits per heavy atom. The number of nitrogens with zero attached hydrogens (tertiary/aromatic N) is 4. The number of imidazole rings is 1. The van der Waals surface area contributed by atoms with Crippen molar-refractivity contribution in [2.24, 2.45) is 0 Å². The van der Waals surface area contributed by atoms with Crippen LogP contribution in [0.4, 0.5) is 4.79 Å². The van der Waals surface area contributed by atoms with Gasteiger partial charge >= 0.3 is 12.0 Å². The van der Waals surface area contributed by atoms with Gasteiger partial charge in [-0.15, -0.1) is 0 Å². The second-order valence-electron chi connectivity index (χ2n) is 5.39. The Morgan fingerprint density at radius 3 is 2.86 bits per heavy atom. The lowest BCUT2D eigenvalue weighted by Crippen LogP contribution is -2.41. The molecule has 2 N–H and O–H groups in total. The summed E-state index contributed by atoms with van der Waals surface area (Å²) in [7, 11) is 4.04. The molecule has 116 valence electrons. The zero-order valence-electron chi connectivity index (χ0n) is 12.3. The third kappa shape index (κ3) is 3.94. The summed E-state index contributed by atoms with van der Waals surface area (Å²) in [6.07, 6.45) is 3.89. The highest BCUT2D eigenvalue weighted by Crippen LogP contribution is 2.12. The lowest BCUT2D eigenvalue weighted by atomic mass is 10.2. The standard InChI is InChI=1S/C13H21N5O3/c1-16(2)10-3-5-18(7-10)13(21)14-4-6-17-8-11(12(19)20)15-9-17/h8-10H,3-7H2,1-2H3,(H,14,21)(H,19,20). The van der Waals surface area contributed by atoms with Crippen molar-refractivity contribution in [3.05, 3.63) is 18.2 Å². The monoisotopic (exact) mass is 295 g/mol. The van der Waals surface area contributed by atoms with Crippen LogP contribution in [-0.4, -0.2) is 76.2 Å². The lowest BCUT2D eigenvalue weighted by Gasteiger charge is -2.20. The molecular weight excluding hydrogens is 274 g/mol. The van der Waals surface area contributed by atoms with E-state index in [0.29, 0.717) is 19.1 Å². The fourth-order valence-corrected chi connectivity index (χ4v) is 2.34. The van der Waals surface area contributed by atoms with E-state index in [1.54, 1.807) is 9.47 Å². The molecule has 1 aliphatic rings. The molecule has 8 heteroatoms. The number of hydrogen-bond acceptors (Lipinski definition) is 4. The van der Waals surface area contributed by atoms with Gasteiger partial charge in [-0.3, -0.25) is 0 Å². The number of likely N-dealkylation sites (tertiary alicyclic amines) is 1. The van der Waals surface area contributed by atoms with Gasteiger partial charge in [-0.1, -0.05) is 0 Å². The number of nitrogens with one attached hydrogen (secondary N) is 1. The van der Waals surface area contributed by atoms with E-state index in [9.17, 15) is 9.59 Å². The van der Waals surface area contributed by atoms with Crippen molar-refractivity contribution >= 4 is 12.0 Å². The zero-order valence-corrected chi connectivity index (χ0v) is 12.3. The molecule has 0 bridgehead atoms. The van der Waals surface area contributed by atoms with Gasteiger partial charge < -0.3 is 24.8 Å². The maximum absolute atomic E-state index is 12.0. The molecule has 0 radical (unpaired) electrons. The Bertz CT molecular complexity index is 514. The van der Waals surface area contributed by atoms with E-state index in [2.05, 4.69) is 15.2 Å². The topological polar surface area (TPSA) is 90.7 Å². The van der Waals surface area contributed by atoms with Crippen LogP contribution in [0.5, 0.6) is 0 Å². The van der Waals surface area contributed by atoms with Crippen LogP contribution in [0.3, 0.4) is 0 Å². The number of carboxylic acid groups (broad SMARTS) is 1. The second kappa shape index (κ2) is 6.57. The minimum atomic E-state index is -1.05. The summed E-state index contributed by atoms with van der Waals surface area (Å²) in [5.74, 6) is -1.05. The molecule has 21 heavy (non-hydrogen) atoms. The Labute approximate surface area is 123 Å². The number of hydrogen-bond donors (Lipinski definition) is 2. The molecule has 1 unspecified atom stereocenters. The number of aromatic nitrogens is 2. The van der Waals surface area contributed by atoms with Crippen molar-refractivity contribution in [1.29, 1.82) is 0 Å². The third-order valence-electron chi connectivity index (χ3n) is 3.68. The molecule has 0 saturated carbocycles. The van der Waals surface area contributed by atoms with Crippen LogP contribution < -0.4 is 5.32 Å². The van der Waals surface area contributed by atoms with E-state index in [1.807, 2.05) is 14.1 Å². The van der Waals surface area contributed by atoms with Crippen molar-refractivity contribution in [3.63, 3.8) is 0 Å². The lowest BCUT2D eigenvalue weighted by molar-refractivity contribution is 0.0691. The van der Waals surface area contributed by atoms with Crippen LogP contribution in [-0.2, 0) is 6.54 Å². The minimum Gasteiger partial charge on any atom is -0.476 e. The van der Waals surface area contributed by atoms with Crippen molar-refractivity contribution < 1.29 is 14.7 Å². The largest absolute Gasteiger partial charge is 0.476 e. The fourth-order valence-electron chi connectivity index (χ4n) is 2.34. The molecule has 0 spiro atoms. The predicted molar refractivity (Wildman–Crippen MR) is 76.3 cm³/mol. The highest BCUT2D eigenvalue weighted by atomic mass is 16.4. The summed E-state index contributed by atoms with van der Waals surface area (Å²) in [6.45, 7) is 2.45. The minimum absolute atomic E-state index is 0.00898. The number of urea groups is 1. The number of amides is 2. The summed E-state index contributed by atoms with van der Waals surface area (Å²) in [5, 5.41) is 11.6.